The second-order valence-corrected chi connectivity index (χ2v) is 5.59. The van der Waals surface area contributed by atoms with Crippen LogP contribution in [-0.2, 0) is 40.0 Å². The van der Waals surface area contributed by atoms with Crippen LogP contribution in [-0.4, -0.2) is 72.7 Å². The van der Waals surface area contributed by atoms with Crippen LogP contribution >= 0.6 is 0 Å². The molecule has 25 heavy (non-hydrogen) atoms. The van der Waals surface area contributed by atoms with Crippen molar-refractivity contribution in [2.24, 2.45) is 0 Å². The van der Waals surface area contributed by atoms with Gasteiger partial charge in [-0.05, 0) is 0 Å². The lowest BCUT2D eigenvalue weighted by Crippen LogP contribution is -2.32. The van der Waals surface area contributed by atoms with Gasteiger partial charge in [-0.25, -0.2) is 14.4 Å². The largest absolute Gasteiger partial charge is 0.905 e. The average molecular weight is 372 g/mol. The minimum atomic E-state index is -2.60. The number of esters is 3. The summed E-state index contributed by atoms with van der Waals surface area (Å²) < 4.78 is 30.4. The number of hydrogen-bond acceptors (Lipinski definition) is 9. The maximum Gasteiger partial charge on any atom is 0.905 e. The van der Waals surface area contributed by atoms with E-state index >= 15 is 0 Å². The summed E-state index contributed by atoms with van der Waals surface area (Å²) in [7, 11) is 0. The van der Waals surface area contributed by atoms with Crippen molar-refractivity contribution < 1.29 is 40.0 Å². The van der Waals surface area contributed by atoms with E-state index in [1.807, 2.05) is 0 Å². The molecule has 0 radical (unpaired) electrons. The third-order valence-electron chi connectivity index (χ3n) is 2.24. The smallest absolute Gasteiger partial charge is 0.460 e. The number of rotatable bonds is 15. The zero-order chi connectivity index (χ0) is 18.9. The van der Waals surface area contributed by atoms with Crippen molar-refractivity contribution in [1.82, 2.24) is 0 Å². The van der Waals surface area contributed by atoms with Crippen LogP contribution in [0.1, 0.15) is 0 Å². The van der Waals surface area contributed by atoms with Gasteiger partial charge < -0.3 is 25.6 Å². The predicted molar refractivity (Wildman–Crippen MR) is 87.1 cm³/mol. The van der Waals surface area contributed by atoms with Gasteiger partial charge in [-0.2, -0.15) is 0 Å². The molecule has 0 amide bonds. The van der Waals surface area contributed by atoms with Crippen LogP contribution in [0.2, 0.25) is 0 Å². The van der Waals surface area contributed by atoms with Crippen molar-refractivity contribution in [3.63, 3.8) is 0 Å². The Hall–Kier alpha value is -1.96. The highest BCUT2D eigenvalue weighted by atomic mass is 27.3. The van der Waals surface area contributed by atoms with Crippen LogP contribution in [0.15, 0.2) is 38.0 Å². The van der Waals surface area contributed by atoms with Crippen molar-refractivity contribution in [1.29, 1.82) is 0 Å². The minimum Gasteiger partial charge on any atom is -0.460 e. The van der Waals surface area contributed by atoms with E-state index in [9.17, 15) is 14.4 Å². The van der Waals surface area contributed by atoms with Crippen LogP contribution in [0.3, 0.4) is 0 Å². The highest BCUT2D eigenvalue weighted by molar-refractivity contribution is 6.36. The normalized spacial score (nSPS) is 9.60. The predicted octanol–water partition coefficient (Wildman–Crippen LogP) is 0.209. The third-order valence-corrected chi connectivity index (χ3v) is 3.77. The molecular weight excluding hydrogens is 351 g/mol. The molecule has 0 aliphatic carbocycles. The lowest BCUT2D eigenvalue weighted by Gasteiger charge is -2.13. The highest BCUT2D eigenvalue weighted by Crippen LogP contribution is 1.95. The van der Waals surface area contributed by atoms with Gasteiger partial charge in [0.05, 0.1) is 19.8 Å². The quantitative estimate of drug-likeness (QED) is 0.131. The molecule has 0 N–H and O–H groups in total. The van der Waals surface area contributed by atoms with E-state index in [0.717, 1.165) is 18.2 Å². The molecule has 0 heterocycles. The van der Waals surface area contributed by atoms with Gasteiger partial charge in [-0.1, -0.05) is 19.7 Å². The van der Waals surface area contributed by atoms with E-state index in [4.69, 9.17) is 25.6 Å². The van der Waals surface area contributed by atoms with E-state index < -0.39 is 33.1 Å². The first-order chi connectivity index (χ1) is 12.0. The standard InChI is InChI=1S/3C5H7O3.Al/c3*1-2-5(7)8-4-3-6;/h3*2H,1,3-4H2;/q3*-1;+3. The average Bonchev–Trinajstić information content (AvgIpc) is 2.63. The van der Waals surface area contributed by atoms with Crippen molar-refractivity contribution >= 4 is 33.1 Å². The van der Waals surface area contributed by atoms with Gasteiger partial charge in [0.1, 0.15) is 19.8 Å². The van der Waals surface area contributed by atoms with E-state index in [0.29, 0.717) is 0 Å². The van der Waals surface area contributed by atoms with Crippen molar-refractivity contribution in [3.05, 3.63) is 38.0 Å². The Bertz CT molecular complexity index is 397. The lowest BCUT2D eigenvalue weighted by atomic mass is 10.6. The molecule has 10 heteroatoms. The second-order valence-electron chi connectivity index (χ2n) is 4.02. The fourth-order valence-electron chi connectivity index (χ4n) is 1.18. The molecule has 0 spiro atoms. The molecule has 0 atom stereocenters. The molecule has 0 aromatic rings. The Morgan fingerprint density at radius 3 is 1.12 bits per heavy atom. The van der Waals surface area contributed by atoms with Gasteiger partial charge in [-0.3, -0.25) is 0 Å². The molecule has 0 unspecified atom stereocenters. The van der Waals surface area contributed by atoms with Gasteiger partial charge in [0.25, 0.3) is 0 Å². The molecule has 0 aliphatic heterocycles. The van der Waals surface area contributed by atoms with Crippen LogP contribution in [0.4, 0.5) is 0 Å². The van der Waals surface area contributed by atoms with Crippen LogP contribution in [0, 0.1) is 0 Å². The van der Waals surface area contributed by atoms with Gasteiger partial charge in [0.2, 0.25) is 0 Å². The molecule has 9 nitrogen and oxygen atoms in total. The van der Waals surface area contributed by atoms with Gasteiger partial charge in [-0.15, -0.1) is 0 Å². The molecular formula is C15H21AlO9. The van der Waals surface area contributed by atoms with Crippen LogP contribution in [0.25, 0.3) is 0 Å². The highest BCUT2D eigenvalue weighted by Gasteiger charge is 2.31. The van der Waals surface area contributed by atoms with Gasteiger partial charge in [0, 0.05) is 18.2 Å². The zero-order valence-electron chi connectivity index (χ0n) is 13.8. The number of hydrogen-bond donors (Lipinski definition) is 0. The van der Waals surface area contributed by atoms with E-state index in [-0.39, 0.29) is 39.6 Å². The number of ether oxygens (including phenoxy) is 3. The lowest BCUT2D eigenvalue weighted by molar-refractivity contribution is -0.139. The fourth-order valence-corrected chi connectivity index (χ4v) is 2.34. The fraction of sp³-hybridized carbons (Fsp3) is 0.400. The number of carbonyl (C=O) groups excluding carboxylic acids is 3. The van der Waals surface area contributed by atoms with Gasteiger partial charge in [0.15, 0.2) is 0 Å². The molecule has 0 saturated heterocycles. The molecule has 0 aliphatic rings. The molecule has 0 fully saturated rings. The SMILES string of the molecule is C=CC(=O)OCC[O][Al]([O]CCOC(=O)C=C)[O]CCOC(=O)C=C. The van der Waals surface area contributed by atoms with E-state index in [1.54, 1.807) is 0 Å². The van der Waals surface area contributed by atoms with Crippen molar-refractivity contribution in [3.8, 4) is 0 Å². The maximum absolute atomic E-state index is 10.9. The second kappa shape index (κ2) is 15.6. The van der Waals surface area contributed by atoms with Crippen molar-refractivity contribution in [2.75, 3.05) is 39.6 Å². The van der Waals surface area contributed by atoms with E-state index in [2.05, 4.69) is 19.7 Å². The molecule has 138 valence electrons. The first-order valence-corrected chi connectivity index (χ1v) is 8.67. The summed E-state index contributed by atoms with van der Waals surface area (Å²) >= 11 is -2.60. The minimum absolute atomic E-state index is 0.00201. The monoisotopic (exact) mass is 372 g/mol. The summed E-state index contributed by atoms with van der Waals surface area (Å²) in [5.74, 6) is -1.72. The van der Waals surface area contributed by atoms with Crippen LogP contribution < -0.4 is 0 Å². The summed E-state index contributed by atoms with van der Waals surface area (Å²) in [6.07, 6.45) is 3.09. The molecule has 0 rings (SSSR count). The number of carbonyl (C=O) groups is 3. The Labute approximate surface area is 151 Å². The van der Waals surface area contributed by atoms with Gasteiger partial charge >= 0.3 is 33.1 Å². The Kier molecular flexibility index (Phi) is 14.3. The summed E-state index contributed by atoms with van der Waals surface area (Å²) in [6.45, 7) is 9.94. The Morgan fingerprint density at radius 1 is 0.600 bits per heavy atom. The third kappa shape index (κ3) is 14.1. The molecule has 0 bridgehead atoms. The van der Waals surface area contributed by atoms with Crippen LogP contribution in [0.5, 0.6) is 0 Å². The Morgan fingerprint density at radius 2 is 0.880 bits per heavy atom. The molecule has 0 aromatic carbocycles. The maximum atomic E-state index is 10.9. The van der Waals surface area contributed by atoms with Crippen molar-refractivity contribution in [2.45, 2.75) is 0 Å². The summed E-state index contributed by atoms with van der Waals surface area (Å²) in [5, 5.41) is 0. The zero-order valence-corrected chi connectivity index (χ0v) is 15.0. The Balaban J connectivity index is 4.10. The first kappa shape index (κ1) is 23.0. The van der Waals surface area contributed by atoms with E-state index in [1.165, 1.54) is 0 Å². The summed E-state index contributed by atoms with van der Waals surface area (Å²) in [6, 6.07) is 0. The first-order valence-electron chi connectivity index (χ1n) is 7.25. The topological polar surface area (TPSA) is 107 Å². The summed E-state index contributed by atoms with van der Waals surface area (Å²) in [4.78, 5) is 32.7. The summed E-state index contributed by atoms with van der Waals surface area (Å²) in [5.41, 5.74) is 0. The molecule has 0 aromatic heterocycles. The molecule has 0 saturated carbocycles.